The first-order valence-corrected chi connectivity index (χ1v) is 6.28. The van der Waals surface area contributed by atoms with Crippen LogP contribution in [0.15, 0.2) is 18.2 Å². The third kappa shape index (κ3) is 2.80. The number of rotatable bonds is 3. The normalized spacial score (nSPS) is 20.7. The lowest BCUT2D eigenvalue weighted by Gasteiger charge is -2.33. The van der Waals surface area contributed by atoms with Gasteiger partial charge in [0.15, 0.2) is 6.10 Å². The van der Waals surface area contributed by atoms with E-state index in [0.29, 0.717) is 25.4 Å². The van der Waals surface area contributed by atoms with E-state index in [0.717, 1.165) is 11.3 Å². The third-order valence-electron chi connectivity index (χ3n) is 3.23. The standard InChI is InChI=1S/C14H18N2O3/c1-10(17)14-12(4-3-5-13(14)18-2)16-6-7-19-11(8-15)9-16/h3-5,10-11,17H,6-7,9H2,1-2H3/t10-,11?/m0/s1. The highest BCUT2D eigenvalue weighted by molar-refractivity contribution is 5.60. The largest absolute Gasteiger partial charge is 0.496 e. The van der Waals surface area contributed by atoms with Crippen molar-refractivity contribution < 1.29 is 14.6 Å². The van der Waals surface area contributed by atoms with Crippen LogP contribution in [0.25, 0.3) is 0 Å². The minimum Gasteiger partial charge on any atom is -0.496 e. The smallest absolute Gasteiger partial charge is 0.161 e. The van der Waals surface area contributed by atoms with Crippen molar-refractivity contribution in [1.82, 2.24) is 0 Å². The molecule has 0 saturated carbocycles. The van der Waals surface area contributed by atoms with Gasteiger partial charge in [-0.2, -0.15) is 5.26 Å². The second-order valence-electron chi connectivity index (χ2n) is 4.50. The van der Waals surface area contributed by atoms with Gasteiger partial charge in [-0.1, -0.05) is 6.07 Å². The van der Waals surface area contributed by atoms with Crippen LogP contribution in [-0.2, 0) is 4.74 Å². The molecule has 1 saturated heterocycles. The van der Waals surface area contributed by atoms with Gasteiger partial charge in [-0.25, -0.2) is 0 Å². The number of ether oxygens (including phenoxy) is 2. The number of hydrogen-bond donors (Lipinski definition) is 1. The lowest BCUT2D eigenvalue weighted by atomic mass is 10.0. The highest BCUT2D eigenvalue weighted by Gasteiger charge is 2.24. The Hall–Kier alpha value is -1.77. The number of nitrogens with zero attached hydrogens (tertiary/aromatic N) is 2. The van der Waals surface area contributed by atoms with Gasteiger partial charge in [0.1, 0.15) is 5.75 Å². The summed E-state index contributed by atoms with van der Waals surface area (Å²) in [5.41, 5.74) is 1.65. The van der Waals surface area contributed by atoms with E-state index < -0.39 is 12.2 Å². The predicted octanol–water partition coefficient (Wildman–Crippen LogP) is 1.48. The quantitative estimate of drug-likeness (QED) is 0.893. The predicted molar refractivity (Wildman–Crippen MR) is 71.2 cm³/mol. The first-order valence-electron chi connectivity index (χ1n) is 6.28. The van der Waals surface area contributed by atoms with Crippen molar-refractivity contribution in [2.45, 2.75) is 19.1 Å². The van der Waals surface area contributed by atoms with Gasteiger partial charge < -0.3 is 19.5 Å². The summed E-state index contributed by atoms with van der Waals surface area (Å²) in [4.78, 5) is 2.06. The lowest BCUT2D eigenvalue weighted by Crippen LogP contribution is -2.42. The number of methoxy groups -OCH3 is 1. The number of aliphatic hydroxyl groups excluding tert-OH is 1. The third-order valence-corrected chi connectivity index (χ3v) is 3.23. The Morgan fingerprint density at radius 1 is 1.58 bits per heavy atom. The molecule has 1 fully saturated rings. The maximum atomic E-state index is 9.97. The van der Waals surface area contributed by atoms with Gasteiger partial charge in [0.2, 0.25) is 0 Å². The Morgan fingerprint density at radius 3 is 3.00 bits per heavy atom. The van der Waals surface area contributed by atoms with Crippen LogP contribution in [0.1, 0.15) is 18.6 Å². The number of morpholine rings is 1. The Morgan fingerprint density at radius 2 is 2.37 bits per heavy atom. The average molecular weight is 262 g/mol. The molecule has 1 N–H and O–H groups in total. The second kappa shape index (κ2) is 5.91. The molecule has 2 rings (SSSR count). The first kappa shape index (κ1) is 13.7. The van der Waals surface area contributed by atoms with Crippen LogP contribution in [0.3, 0.4) is 0 Å². The molecule has 5 heteroatoms. The van der Waals surface area contributed by atoms with Crippen LogP contribution in [0, 0.1) is 11.3 Å². The van der Waals surface area contributed by atoms with E-state index in [2.05, 4.69) is 11.0 Å². The van der Waals surface area contributed by atoms with E-state index in [1.54, 1.807) is 14.0 Å². The summed E-state index contributed by atoms with van der Waals surface area (Å²) in [5.74, 6) is 0.660. The fourth-order valence-electron chi connectivity index (χ4n) is 2.35. The highest BCUT2D eigenvalue weighted by Crippen LogP contribution is 2.35. The maximum absolute atomic E-state index is 9.97. The molecular formula is C14H18N2O3. The van der Waals surface area contributed by atoms with Crippen molar-refractivity contribution in [1.29, 1.82) is 5.26 Å². The Labute approximate surface area is 113 Å². The van der Waals surface area contributed by atoms with E-state index in [-0.39, 0.29) is 0 Å². The molecule has 0 aromatic heterocycles. The molecule has 0 radical (unpaired) electrons. The van der Waals surface area contributed by atoms with Crippen LogP contribution in [-0.4, -0.2) is 38.0 Å². The molecule has 102 valence electrons. The summed E-state index contributed by atoms with van der Waals surface area (Å²) in [7, 11) is 1.59. The average Bonchev–Trinajstić information content (AvgIpc) is 2.46. The van der Waals surface area contributed by atoms with Gasteiger partial charge in [-0.05, 0) is 19.1 Å². The molecule has 5 nitrogen and oxygen atoms in total. The van der Waals surface area contributed by atoms with Gasteiger partial charge >= 0.3 is 0 Å². The molecule has 0 bridgehead atoms. The van der Waals surface area contributed by atoms with Gasteiger partial charge in [0, 0.05) is 17.8 Å². The molecule has 1 heterocycles. The molecule has 1 aromatic rings. The highest BCUT2D eigenvalue weighted by atomic mass is 16.5. The summed E-state index contributed by atoms with van der Waals surface area (Å²) < 4.78 is 10.6. The lowest BCUT2D eigenvalue weighted by molar-refractivity contribution is 0.0761. The molecule has 1 aliphatic heterocycles. The Balaban J connectivity index is 2.36. The number of anilines is 1. The first-order chi connectivity index (χ1) is 9.17. The topological polar surface area (TPSA) is 65.7 Å². The van der Waals surface area contributed by atoms with Crippen molar-refractivity contribution >= 4 is 5.69 Å². The number of aliphatic hydroxyl groups is 1. The monoisotopic (exact) mass is 262 g/mol. The fourth-order valence-corrected chi connectivity index (χ4v) is 2.35. The van der Waals surface area contributed by atoms with E-state index in [1.165, 1.54) is 0 Å². The number of nitriles is 1. The summed E-state index contributed by atoms with van der Waals surface area (Å²) in [6.07, 6.45) is -1.06. The summed E-state index contributed by atoms with van der Waals surface area (Å²) in [6, 6.07) is 7.77. The Bertz CT molecular complexity index is 482. The molecule has 0 aliphatic carbocycles. The van der Waals surface area contributed by atoms with E-state index in [4.69, 9.17) is 14.7 Å². The molecule has 0 amide bonds. The van der Waals surface area contributed by atoms with Gasteiger partial charge in [0.05, 0.1) is 32.4 Å². The summed E-state index contributed by atoms with van der Waals surface area (Å²) >= 11 is 0. The van der Waals surface area contributed by atoms with Crippen molar-refractivity contribution in [3.05, 3.63) is 23.8 Å². The zero-order chi connectivity index (χ0) is 13.8. The Kier molecular flexibility index (Phi) is 4.25. The van der Waals surface area contributed by atoms with Crippen molar-refractivity contribution in [2.24, 2.45) is 0 Å². The van der Waals surface area contributed by atoms with Crippen molar-refractivity contribution in [3.8, 4) is 11.8 Å². The van der Waals surface area contributed by atoms with Crippen LogP contribution >= 0.6 is 0 Å². The van der Waals surface area contributed by atoms with Crippen LogP contribution < -0.4 is 9.64 Å². The number of hydrogen-bond acceptors (Lipinski definition) is 5. The van der Waals surface area contributed by atoms with E-state index in [1.807, 2.05) is 18.2 Å². The maximum Gasteiger partial charge on any atom is 0.161 e. The molecule has 1 aliphatic rings. The summed E-state index contributed by atoms with van der Waals surface area (Å²) in [5, 5.41) is 18.9. The van der Waals surface area contributed by atoms with E-state index in [9.17, 15) is 5.11 Å². The van der Waals surface area contributed by atoms with Gasteiger partial charge in [-0.15, -0.1) is 0 Å². The van der Waals surface area contributed by atoms with Gasteiger partial charge in [0.25, 0.3) is 0 Å². The minimum atomic E-state index is -0.630. The zero-order valence-electron chi connectivity index (χ0n) is 11.2. The second-order valence-corrected chi connectivity index (χ2v) is 4.50. The van der Waals surface area contributed by atoms with Crippen molar-refractivity contribution in [3.63, 3.8) is 0 Å². The number of benzene rings is 1. The zero-order valence-corrected chi connectivity index (χ0v) is 11.2. The minimum absolute atomic E-state index is 0.429. The summed E-state index contributed by atoms with van der Waals surface area (Å²) in [6.45, 7) is 3.42. The SMILES string of the molecule is COc1cccc(N2CCOC(C#N)C2)c1[C@H](C)O. The fraction of sp³-hybridized carbons (Fsp3) is 0.500. The van der Waals surface area contributed by atoms with Crippen LogP contribution in [0.2, 0.25) is 0 Å². The molecule has 19 heavy (non-hydrogen) atoms. The van der Waals surface area contributed by atoms with Crippen molar-refractivity contribution in [2.75, 3.05) is 31.7 Å². The van der Waals surface area contributed by atoms with Gasteiger partial charge in [-0.3, -0.25) is 0 Å². The van der Waals surface area contributed by atoms with Crippen LogP contribution in [0.4, 0.5) is 5.69 Å². The molecule has 0 spiro atoms. The molecular weight excluding hydrogens is 244 g/mol. The van der Waals surface area contributed by atoms with E-state index >= 15 is 0 Å². The molecule has 1 unspecified atom stereocenters. The molecule has 2 atom stereocenters. The molecule has 1 aromatic carbocycles. The van der Waals surface area contributed by atoms with Crippen LogP contribution in [0.5, 0.6) is 5.75 Å².